The highest BCUT2D eigenvalue weighted by Gasteiger charge is 2.15. The first-order valence-corrected chi connectivity index (χ1v) is 8.14. The zero-order valence-electron chi connectivity index (χ0n) is 13.8. The molecule has 0 saturated heterocycles. The first-order valence-electron chi connectivity index (χ1n) is 7.76. The molecular formula is C19H16ClNO4. The molecule has 0 aliphatic heterocycles. The van der Waals surface area contributed by atoms with Crippen LogP contribution in [0.2, 0.25) is 5.02 Å². The molecule has 0 saturated carbocycles. The number of carbonyl (C=O) groups excluding carboxylic acids is 1. The Morgan fingerprint density at radius 2 is 2.00 bits per heavy atom. The molecule has 0 aliphatic rings. The van der Waals surface area contributed by atoms with Crippen molar-refractivity contribution in [2.75, 3.05) is 11.9 Å². The van der Waals surface area contributed by atoms with E-state index in [4.69, 9.17) is 20.8 Å². The molecule has 1 aromatic heterocycles. The van der Waals surface area contributed by atoms with Gasteiger partial charge in [0.2, 0.25) is 0 Å². The lowest BCUT2D eigenvalue weighted by Gasteiger charge is -2.07. The Hall–Kier alpha value is -2.79. The van der Waals surface area contributed by atoms with Crippen LogP contribution in [0.1, 0.15) is 22.8 Å². The molecule has 6 heteroatoms. The average Bonchev–Trinajstić information content (AvgIpc) is 2.57. The molecule has 0 bridgehead atoms. The predicted octanol–water partition coefficient (Wildman–Crippen LogP) is 4.41. The summed E-state index contributed by atoms with van der Waals surface area (Å²) in [5, 5.41) is 3.82. The van der Waals surface area contributed by atoms with Crippen LogP contribution in [-0.4, -0.2) is 12.5 Å². The molecule has 0 spiro atoms. The summed E-state index contributed by atoms with van der Waals surface area (Å²) in [7, 11) is 0. The van der Waals surface area contributed by atoms with Crippen molar-refractivity contribution in [3.8, 4) is 5.75 Å². The molecule has 25 heavy (non-hydrogen) atoms. The van der Waals surface area contributed by atoms with Gasteiger partial charge < -0.3 is 14.5 Å². The molecule has 0 aliphatic carbocycles. The van der Waals surface area contributed by atoms with E-state index in [2.05, 4.69) is 5.32 Å². The van der Waals surface area contributed by atoms with Crippen LogP contribution in [0.5, 0.6) is 5.75 Å². The minimum absolute atomic E-state index is 0.0756. The van der Waals surface area contributed by atoms with Crippen LogP contribution >= 0.6 is 11.6 Å². The smallest absolute Gasteiger partial charge is 0.349 e. The van der Waals surface area contributed by atoms with Crippen molar-refractivity contribution in [3.63, 3.8) is 0 Å². The Morgan fingerprint density at radius 3 is 2.72 bits per heavy atom. The number of anilines is 1. The van der Waals surface area contributed by atoms with Crippen LogP contribution < -0.4 is 15.7 Å². The third-order valence-corrected chi connectivity index (χ3v) is 4.10. The number of rotatable bonds is 4. The summed E-state index contributed by atoms with van der Waals surface area (Å²) in [5.41, 5.74) is 0.984. The number of nitrogens with one attached hydrogen (secondary N) is 1. The summed E-state index contributed by atoms with van der Waals surface area (Å²) < 4.78 is 10.6. The molecule has 0 radical (unpaired) electrons. The second-order valence-electron chi connectivity index (χ2n) is 5.50. The van der Waals surface area contributed by atoms with Gasteiger partial charge in [0.15, 0.2) is 0 Å². The number of carbonyl (C=O) groups is 1. The number of fused-ring (bicyclic) bond motifs is 1. The molecule has 128 valence electrons. The SMILES string of the molecule is CCOc1ccc2cc(C(=O)Nc3ccc(C)c(Cl)c3)c(=O)oc2c1. The molecule has 1 heterocycles. The number of hydrogen-bond acceptors (Lipinski definition) is 4. The molecule has 1 amide bonds. The molecule has 3 rings (SSSR count). The fourth-order valence-electron chi connectivity index (χ4n) is 2.38. The van der Waals surface area contributed by atoms with Gasteiger partial charge in [-0.15, -0.1) is 0 Å². The third-order valence-electron chi connectivity index (χ3n) is 3.69. The van der Waals surface area contributed by atoms with Gasteiger partial charge in [0, 0.05) is 22.2 Å². The topological polar surface area (TPSA) is 68.5 Å². The van der Waals surface area contributed by atoms with Gasteiger partial charge in [-0.1, -0.05) is 17.7 Å². The van der Waals surface area contributed by atoms with Gasteiger partial charge in [-0.2, -0.15) is 0 Å². The molecule has 0 unspecified atom stereocenters. The predicted molar refractivity (Wildman–Crippen MR) is 97.8 cm³/mol. The first kappa shape index (κ1) is 17.0. The van der Waals surface area contributed by atoms with E-state index in [0.29, 0.717) is 34.0 Å². The van der Waals surface area contributed by atoms with E-state index in [9.17, 15) is 9.59 Å². The minimum Gasteiger partial charge on any atom is -0.494 e. The minimum atomic E-state index is -0.711. The number of hydrogen-bond donors (Lipinski definition) is 1. The van der Waals surface area contributed by atoms with Gasteiger partial charge >= 0.3 is 5.63 Å². The first-order chi connectivity index (χ1) is 12.0. The van der Waals surface area contributed by atoms with Crippen molar-refractivity contribution in [2.45, 2.75) is 13.8 Å². The lowest BCUT2D eigenvalue weighted by atomic mass is 10.1. The van der Waals surface area contributed by atoms with E-state index in [1.165, 1.54) is 6.07 Å². The normalized spacial score (nSPS) is 10.7. The average molecular weight is 358 g/mol. The number of amides is 1. The van der Waals surface area contributed by atoms with Gasteiger partial charge in [0.05, 0.1) is 6.61 Å². The van der Waals surface area contributed by atoms with E-state index in [1.807, 2.05) is 13.8 Å². The van der Waals surface area contributed by atoms with E-state index >= 15 is 0 Å². The summed E-state index contributed by atoms with van der Waals surface area (Å²) in [6.45, 7) is 4.24. The van der Waals surface area contributed by atoms with Crippen molar-refractivity contribution in [1.82, 2.24) is 0 Å². The second kappa shape index (κ2) is 6.99. The van der Waals surface area contributed by atoms with Crippen LogP contribution in [0.15, 0.2) is 51.7 Å². The fourth-order valence-corrected chi connectivity index (χ4v) is 2.56. The zero-order valence-corrected chi connectivity index (χ0v) is 14.5. The highest BCUT2D eigenvalue weighted by molar-refractivity contribution is 6.31. The maximum atomic E-state index is 12.4. The summed E-state index contributed by atoms with van der Waals surface area (Å²) in [6, 6.07) is 11.8. The van der Waals surface area contributed by atoms with Crippen LogP contribution in [0.3, 0.4) is 0 Å². The molecule has 2 aromatic carbocycles. The van der Waals surface area contributed by atoms with E-state index in [1.54, 1.807) is 36.4 Å². The fraction of sp³-hybridized carbons (Fsp3) is 0.158. The zero-order chi connectivity index (χ0) is 18.0. The lowest BCUT2D eigenvalue weighted by molar-refractivity contribution is 0.102. The monoisotopic (exact) mass is 357 g/mol. The quantitative estimate of drug-likeness (QED) is 0.702. The van der Waals surface area contributed by atoms with Crippen molar-refractivity contribution in [2.24, 2.45) is 0 Å². The van der Waals surface area contributed by atoms with Crippen molar-refractivity contribution in [3.05, 3.63) is 69.0 Å². The molecule has 3 aromatic rings. The number of benzene rings is 2. The van der Waals surface area contributed by atoms with Crippen LogP contribution in [0.4, 0.5) is 5.69 Å². The highest BCUT2D eigenvalue weighted by atomic mass is 35.5. The second-order valence-corrected chi connectivity index (χ2v) is 5.91. The molecule has 0 atom stereocenters. The van der Waals surface area contributed by atoms with Crippen molar-refractivity contribution >= 4 is 34.2 Å². The largest absolute Gasteiger partial charge is 0.494 e. The van der Waals surface area contributed by atoms with Crippen LogP contribution in [-0.2, 0) is 0 Å². The molecule has 1 N–H and O–H groups in total. The molecule has 5 nitrogen and oxygen atoms in total. The van der Waals surface area contributed by atoms with E-state index in [-0.39, 0.29) is 5.56 Å². The van der Waals surface area contributed by atoms with Crippen molar-refractivity contribution in [1.29, 1.82) is 0 Å². The third kappa shape index (κ3) is 3.67. The van der Waals surface area contributed by atoms with Gasteiger partial charge in [0.1, 0.15) is 16.9 Å². The maximum absolute atomic E-state index is 12.4. The van der Waals surface area contributed by atoms with Crippen LogP contribution in [0.25, 0.3) is 11.0 Å². The summed E-state index contributed by atoms with van der Waals surface area (Å²) in [4.78, 5) is 24.6. The van der Waals surface area contributed by atoms with Gasteiger partial charge in [-0.05, 0) is 49.7 Å². The Kier molecular flexibility index (Phi) is 4.76. The van der Waals surface area contributed by atoms with Crippen LogP contribution in [0, 0.1) is 6.92 Å². The molecular weight excluding hydrogens is 342 g/mol. The maximum Gasteiger partial charge on any atom is 0.349 e. The van der Waals surface area contributed by atoms with Gasteiger partial charge in [-0.3, -0.25) is 4.79 Å². The number of aryl methyl sites for hydroxylation is 1. The Bertz CT molecular complexity index is 1010. The van der Waals surface area contributed by atoms with Gasteiger partial charge in [-0.25, -0.2) is 4.79 Å². The molecule has 0 fully saturated rings. The summed E-state index contributed by atoms with van der Waals surface area (Å²) in [5.74, 6) is 0.0501. The van der Waals surface area contributed by atoms with Crippen molar-refractivity contribution < 1.29 is 13.9 Å². The van der Waals surface area contributed by atoms with E-state index in [0.717, 1.165) is 5.56 Å². The number of ether oxygens (including phenoxy) is 1. The Morgan fingerprint density at radius 1 is 1.20 bits per heavy atom. The number of halogens is 1. The van der Waals surface area contributed by atoms with E-state index < -0.39 is 11.5 Å². The lowest BCUT2D eigenvalue weighted by Crippen LogP contribution is -2.20. The van der Waals surface area contributed by atoms with Gasteiger partial charge in [0.25, 0.3) is 5.91 Å². The standard InChI is InChI=1S/C19H16ClNO4/c1-3-24-14-7-5-12-8-15(19(23)25-17(12)10-14)18(22)21-13-6-4-11(2)16(20)9-13/h4-10H,3H2,1-2H3,(H,21,22). The Labute approximate surface area is 149 Å². The Balaban J connectivity index is 1.93. The summed E-state index contributed by atoms with van der Waals surface area (Å²) >= 11 is 6.05. The highest BCUT2D eigenvalue weighted by Crippen LogP contribution is 2.22. The summed E-state index contributed by atoms with van der Waals surface area (Å²) in [6.07, 6.45) is 0.